The van der Waals surface area contributed by atoms with Gasteiger partial charge in [0.15, 0.2) is 0 Å². The van der Waals surface area contributed by atoms with Crippen LogP contribution in [0.3, 0.4) is 0 Å². The summed E-state index contributed by atoms with van der Waals surface area (Å²) in [4.78, 5) is 35.2. The first-order chi connectivity index (χ1) is 25.5. The molecule has 4 rings (SSSR count). The van der Waals surface area contributed by atoms with E-state index in [9.17, 15) is 9.59 Å². The van der Waals surface area contributed by atoms with E-state index < -0.39 is 6.04 Å². The lowest BCUT2D eigenvalue weighted by Crippen LogP contribution is -2.42. The first-order valence-corrected chi connectivity index (χ1v) is 19.3. The number of carbonyl (C=O) groups is 2. The molecule has 294 valence electrons. The van der Waals surface area contributed by atoms with Crippen LogP contribution in [0.5, 0.6) is 11.5 Å². The molecule has 4 aromatic rings. The molecule has 0 aliphatic carbocycles. The lowest BCUT2D eigenvalue weighted by Gasteiger charge is -2.21. The lowest BCUT2D eigenvalue weighted by atomic mass is 9.91. The fourth-order valence-corrected chi connectivity index (χ4v) is 6.27. The molecule has 0 fully saturated rings. The maximum Gasteiger partial charge on any atom is 0.236 e. The van der Waals surface area contributed by atoms with Crippen LogP contribution in [-0.2, 0) is 20.4 Å². The summed E-state index contributed by atoms with van der Waals surface area (Å²) < 4.78 is 11.1. The number of ether oxygens (including phenoxy) is 2. The van der Waals surface area contributed by atoms with E-state index in [0.29, 0.717) is 13.1 Å². The van der Waals surface area contributed by atoms with Gasteiger partial charge in [-0.3, -0.25) is 19.6 Å². The number of carbonyl (C=O) groups excluding carboxylic acids is 2. The standard InChI is InChI=1S/C43H63N7O4/c1-27(47-34-25-31(53-9)23-29-15-18-36(42(3,4)5)49-39(29)34)13-11-21-45-38(51)20-17-33(44)41(52)46-22-12-14-28(2)48-35-26-32(54-10)24-30-16-19-37(43(6,7)8)50-40(30)35/h15-16,18-19,23-28,33,47-48H,11-14,17,20-22,44H2,1-10H3,(H,45,51)(H,46,52)/t27?,28?,33-/m0/s1. The zero-order chi connectivity index (χ0) is 39.6. The summed E-state index contributed by atoms with van der Waals surface area (Å²) in [5.41, 5.74) is 11.8. The SMILES string of the molecule is COc1cc(NC(C)CCCNC(=O)CC[C@H](N)C(=O)NCCCC(C)Nc2cc(OC)cc3ccc(C(C)(C)C)nc23)c2nc(C(C)(C)C)ccc2c1. The van der Waals surface area contributed by atoms with Crippen molar-refractivity contribution in [1.29, 1.82) is 0 Å². The third kappa shape index (κ3) is 11.9. The monoisotopic (exact) mass is 741 g/mol. The van der Waals surface area contributed by atoms with Gasteiger partial charge in [-0.25, -0.2) is 0 Å². The van der Waals surface area contributed by atoms with Crippen LogP contribution in [0.25, 0.3) is 21.8 Å². The highest BCUT2D eigenvalue weighted by molar-refractivity contribution is 5.93. The number of rotatable bonds is 18. The molecule has 3 atom stereocenters. The Labute approximate surface area is 322 Å². The minimum atomic E-state index is -0.744. The molecule has 0 aliphatic heterocycles. The summed E-state index contributed by atoms with van der Waals surface area (Å²) in [7, 11) is 3.33. The normalized spacial score (nSPS) is 13.6. The summed E-state index contributed by atoms with van der Waals surface area (Å²) in [6, 6.07) is 15.8. The average molecular weight is 742 g/mol. The molecule has 0 saturated heterocycles. The molecule has 2 amide bonds. The number of nitrogens with one attached hydrogen (secondary N) is 4. The Balaban J connectivity index is 1.15. The number of amides is 2. The molecular formula is C43H63N7O4. The smallest absolute Gasteiger partial charge is 0.236 e. The Morgan fingerprint density at radius 2 is 1.13 bits per heavy atom. The van der Waals surface area contributed by atoms with E-state index in [-0.39, 0.29) is 47.6 Å². The van der Waals surface area contributed by atoms with E-state index in [4.69, 9.17) is 25.2 Å². The molecule has 11 heteroatoms. The molecular weight excluding hydrogens is 679 g/mol. The van der Waals surface area contributed by atoms with E-state index in [1.807, 2.05) is 24.3 Å². The van der Waals surface area contributed by atoms with Gasteiger partial charge in [0, 0.05) is 76.7 Å². The van der Waals surface area contributed by atoms with Crippen LogP contribution in [0.4, 0.5) is 11.4 Å². The molecule has 2 unspecified atom stereocenters. The van der Waals surface area contributed by atoms with Crippen LogP contribution in [0.1, 0.15) is 105 Å². The van der Waals surface area contributed by atoms with Crippen molar-refractivity contribution < 1.29 is 19.1 Å². The lowest BCUT2D eigenvalue weighted by molar-refractivity contribution is -0.123. The van der Waals surface area contributed by atoms with Crippen molar-refractivity contribution in [1.82, 2.24) is 20.6 Å². The topological polar surface area (TPSA) is 153 Å². The zero-order valence-corrected chi connectivity index (χ0v) is 34.1. The average Bonchev–Trinajstić information content (AvgIpc) is 3.12. The molecule has 0 aliphatic rings. The second-order valence-corrected chi connectivity index (χ2v) is 16.5. The molecule has 6 N–H and O–H groups in total. The summed E-state index contributed by atoms with van der Waals surface area (Å²) in [6.45, 7) is 18.2. The number of pyridine rings is 2. The Morgan fingerprint density at radius 1 is 0.685 bits per heavy atom. The number of nitrogens with zero attached hydrogens (tertiary/aromatic N) is 2. The van der Waals surface area contributed by atoms with Crippen LogP contribution in [-0.4, -0.2) is 67.2 Å². The molecule has 54 heavy (non-hydrogen) atoms. The fourth-order valence-electron chi connectivity index (χ4n) is 6.27. The van der Waals surface area contributed by atoms with Crippen LogP contribution < -0.4 is 36.5 Å². The highest BCUT2D eigenvalue weighted by Crippen LogP contribution is 2.33. The molecule has 2 aromatic heterocycles. The van der Waals surface area contributed by atoms with Crippen LogP contribution in [0, 0.1) is 0 Å². The molecule has 2 aromatic carbocycles. The predicted molar refractivity (Wildman–Crippen MR) is 222 cm³/mol. The van der Waals surface area contributed by atoms with Crippen molar-refractivity contribution in [3.63, 3.8) is 0 Å². The minimum Gasteiger partial charge on any atom is -0.497 e. The number of anilines is 2. The third-order valence-corrected chi connectivity index (χ3v) is 9.61. The van der Waals surface area contributed by atoms with E-state index in [1.165, 1.54) is 0 Å². The van der Waals surface area contributed by atoms with Gasteiger partial charge in [-0.2, -0.15) is 0 Å². The fraction of sp³-hybridized carbons (Fsp3) is 0.535. The van der Waals surface area contributed by atoms with Gasteiger partial charge in [-0.15, -0.1) is 0 Å². The van der Waals surface area contributed by atoms with E-state index in [0.717, 1.165) is 81.8 Å². The van der Waals surface area contributed by atoms with Gasteiger partial charge in [-0.05, 0) is 70.2 Å². The van der Waals surface area contributed by atoms with Gasteiger partial charge in [0.2, 0.25) is 11.8 Å². The van der Waals surface area contributed by atoms with Crippen molar-refractivity contribution in [2.75, 3.05) is 37.9 Å². The number of aromatic nitrogens is 2. The Morgan fingerprint density at radius 3 is 1.56 bits per heavy atom. The number of hydrogen-bond donors (Lipinski definition) is 5. The van der Waals surface area contributed by atoms with Gasteiger partial charge in [0.25, 0.3) is 0 Å². The van der Waals surface area contributed by atoms with E-state index >= 15 is 0 Å². The zero-order valence-electron chi connectivity index (χ0n) is 34.1. The maximum atomic E-state index is 12.7. The van der Waals surface area contributed by atoms with Crippen molar-refractivity contribution in [2.24, 2.45) is 5.73 Å². The summed E-state index contributed by atoms with van der Waals surface area (Å²) >= 11 is 0. The molecule has 0 saturated carbocycles. The summed E-state index contributed by atoms with van der Waals surface area (Å²) in [6.07, 6.45) is 3.72. The number of benzene rings is 2. The molecule has 2 heterocycles. The molecule has 0 bridgehead atoms. The van der Waals surface area contributed by atoms with Crippen molar-refractivity contribution >= 4 is 45.0 Å². The first kappa shape index (κ1) is 42.1. The summed E-state index contributed by atoms with van der Waals surface area (Å²) in [5.74, 6) is 1.20. The van der Waals surface area contributed by atoms with Crippen molar-refractivity contribution in [3.8, 4) is 11.5 Å². The number of nitrogens with two attached hydrogens (primary N) is 1. The van der Waals surface area contributed by atoms with Crippen molar-refractivity contribution in [2.45, 2.75) is 123 Å². The highest BCUT2D eigenvalue weighted by Gasteiger charge is 2.20. The first-order valence-electron chi connectivity index (χ1n) is 19.3. The number of methoxy groups -OCH3 is 2. The van der Waals surface area contributed by atoms with Gasteiger partial charge in [0.1, 0.15) is 11.5 Å². The largest absolute Gasteiger partial charge is 0.497 e. The van der Waals surface area contributed by atoms with Gasteiger partial charge < -0.3 is 36.5 Å². The number of hydrogen-bond acceptors (Lipinski definition) is 9. The van der Waals surface area contributed by atoms with Gasteiger partial charge in [-0.1, -0.05) is 53.7 Å². The Kier molecular flexibility index (Phi) is 14.5. The van der Waals surface area contributed by atoms with Crippen LogP contribution in [0.2, 0.25) is 0 Å². The molecule has 0 radical (unpaired) electrons. The summed E-state index contributed by atoms with van der Waals surface area (Å²) in [5, 5.41) is 15.2. The van der Waals surface area contributed by atoms with Crippen LogP contribution >= 0.6 is 0 Å². The predicted octanol–water partition coefficient (Wildman–Crippen LogP) is 7.60. The third-order valence-electron chi connectivity index (χ3n) is 9.61. The Bertz CT molecular complexity index is 1880. The van der Waals surface area contributed by atoms with Gasteiger partial charge >= 0.3 is 0 Å². The second kappa shape index (κ2) is 18.6. The highest BCUT2D eigenvalue weighted by atomic mass is 16.5. The quantitative estimate of drug-likeness (QED) is 0.0650. The van der Waals surface area contributed by atoms with E-state index in [2.05, 4.69) is 101 Å². The number of fused-ring (bicyclic) bond motifs is 2. The van der Waals surface area contributed by atoms with Crippen LogP contribution in [0.15, 0.2) is 48.5 Å². The van der Waals surface area contributed by atoms with E-state index in [1.54, 1.807) is 14.2 Å². The molecule has 11 nitrogen and oxygen atoms in total. The van der Waals surface area contributed by atoms with Crippen molar-refractivity contribution in [3.05, 3.63) is 59.9 Å². The maximum absolute atomic E-state index is 12.7. The minimum absolute atomic E-state index is 0.0643. The molecule has 0 spiro atoms. The Hall–Kier alpha value is -4.64. The second-order valence-electron chi connectivity index (χ2n) is 16.5. The van der Waals surface area contributed by atoms with Gasteiger partial charge in [0.05, 0.1) is 42.7 Å².